The summed E-state index contributed by atoms with van der Waals surface area (Å²) in [5.41, 5.74) is 1.50. The molecule has 5 heteroatoms. The maximum atomic E-state index is 6.08. The van der Waals surface area contributed by atoms with Gasteiger partial charge in [-0.25, -0.2) is 4.98 Å². The molecular weight excluding hydrogens is 332 g/mol. The first-order chi connectivity index (χ1) is 7.59. The van der Waals surface area contributed by atoms with Crippen LogP contribution in [0.4, 0.5) is 0 Å². The minimum atomic E-state index is 0.247. The summed E-state index contributed by atoms with van der Waals surface area (Å²) >= 11 is 21.2. The molecule has 1 aromatic heterocycles. The van der Waals surface area contributed by atoms with Gasteiger partial charge in [-0.15, -0.1) is 0 Å². The normalized spacial score (nSPS) is 10.5. The highest BCUT2D eigenvalue weighted by atomic mass is 79.9. The number of hydrogen-bond donors (Lipinski definition) is 0. The minimum absolute atomic E-state index is 0.247. The van der Waals surface area contributed by atoms with Crippen LogP contribution in [-0.2, 0) is 0 Å². The third-order valence-electron chi connectivity index (χ3n) is 2.02. The van der Waals surface area contributed by atoms with Crippen molar-refractivity contribution in [3.8, 4) is 11.3 Å². The van der Waals surface area contributed by atoms with Gasteiger partial charge in [0, 0.05) is 10.0 Å². The Morgan fingerprint density at radius 3 is 2.38 bits per heavy atom. The van der Waals surface area contributed by atoms with Crippen molar-refractivity contribution in [2.45, 2.75) is 0 Å². The third kappa shape index (κ3) is 2.35. The molecule has 0 aliphatic heterocycles. The summed E-state index contributed by atoms with van der Waals surface area (Å²) in [5, 5.41) is 1.07. The molecule has 1 aromatic carbocycles. The van der Waals surface area contributed by atoms with Crippen LogP contribution in [0, 0.1) is 0 Å². The van der Waals surface area contributed by atoms with Crippen LogP contribution in [-0.4, -0.2) is 4.98 Å². The average Bonchev–Trinajstić information content (AvgIpc) is 2.25. The van der Waals surface area contributed by atoms with Gasteiger partial charge in [0.2, 0.25) is 0 Å². The van der Waals surface area contributed by atoms with Crippen molar-refractivity contribution >= 4 is 50.7 Å². The first-order valence-corrected chi connectivity index (χ1v) is 6.28. The largest absolute Gasteiger partial charge is 0.233 e. The number of aromatic nitrogens is 1. The average molecular weight is 337 g/mol. The monoisotopic (exact) mass is 335 g/mol. The Hall–Kier alpha value is -0.280. The molecule has 0 aliphatic carbocycles. The lowest BCUT2D eigenvalue weighted by Crippen LogP contribution is -1.88. The Morgan fingerprint density at radius 2 is 1.69 bits per heavy atom. The zero-order valence-electron chi connectivity index (χ0n) is 7.85. The molecule has 0 saturated carbocycles. The van der Waals surface area contributed by atoms with Gasteiger partial charge in [0.1, 0.15) is 5.15 Å². The van der Waals surface area contributed by atoms with Gasteiger partial charge in [-0.05, 0) is 12.1 Å². The fourth-order valence-electron chi connectivity index (χ4n) is 1.29. The van der Waals surface area contributed by atoms with Crippen LogP contribution >= 0.6 is 50.7 Å². The van der Waals surface area contributed by atoms with E-state index in [0.717, 1.165) is 10.0 Å². The Bertz CT molecular complexity index is 543. The third-order valence-corrected chi connectivity index (χ3v) is 3.67. The van der Waals surface area contributed by atoms with Crippen LogP contribution in [0.3, 0.4) is 0 Å². The van der Waals surface area contributed by atoms with Crippen LogP contribution in [0.2, 0.25) is 15.2 Å². The van der Waals surface area contributed by atoms with Crippen LogP contribution in [0.15, 0.2) is 34.8 Å². The molecule has 0 N–H and O–H groups in total. The molecule has 16 heavy (non-hydrogen) atoms. The maximum absolute atomic E-state index is 6.08. The van der Waals surface area contributed by atoms with Crippen molar-refractivity contribution in [1.82, 2.24) is 4.98 Å². The van der Waals surface area contributed by atoms with E-state index in [2.05, 4.69) is 20.9 Å². The van der Waals surface area contributed by atoms with Crippen LogP contribution in [0.5, 0.6) is 0 Å². The van der Waals surface area contributed by atoms with E-state index in [1.165, 1.54) is 0 Å². The first-order valence-electron chi connectivity index (χ1n) is 4.36. The van der Waals surface area contributed by atoms with E-state index in [9.17, 15) is 0 Å². The highest BCUT2D eigenvalue weighted by Gasteiger charge is 2.11. The van der Waals surface area contributed by atoms with Gasteiger partial charge in [-0.3, -0.25) is 0 Å². The van der Waals surface area contributed by atoms with E-state index >= 15 is 0 Å². The van der Waals surface area contributed by atoms with Gasteiger partial charge in [0.15, 0.2) is 0 Å². The maximum Gasteiger partial charge on any atom is 0.148 e. The SMILES string of the molecule is Clc1cc(Cl)c(-c2ccccc2Br)nc1Cl. The van der Waals surface area contributed by atoms with Crippen molar-refractivity contribution in [1.29, 1.82) is 0 Å². The van der Waals surface area contributed by atoms with E-state index in [1.807, 2.05) is 24.3 Å². The molecule has 0 aliphatic rings. The van der Waals surface area contributed by atoms with E-state index in [0.29, 0.717) is 15.7 Å². The number of rotatable bonds is 1. The lowest BCUT2D eigenvalue weighted by molar-refractivity contribution is 1.32. The number of nitrogens with zero attached hydrogens (tertiary/aromatic N) is 1. The highest BCUT2D eigenvalue weighted by Crippen LogP contribution is 2.35. The molecule has 0 fully saturated rings. The lowest BCUT2D eigenvalue weighted by Gasteiger charge is -2.07. The van der Waals surface area contributed by atoms with Crippen molar-refractivity contribution in [2.75, 3.05) is 0 Å². The van der Waals surface area contributed by atoms with Crippen LogP contribution < -0.4 is 0 Å². The second-order valence-electron chi connectivity index (χ2n) is 3.07. The second-order valence-corrected chi connectivity index (χ2v) is 5.10. The fraction of sp³-hybridized carbons (Fsp3) is 0. The van der Waals surface area contributed by atoms with Gasteiger partial charge in [0.05, 0.1) is 15.7 Å². The topological polar surface area (TPSA) is 12.9 Å². The molecule has 82 valence electrons. The molecule has 0 radical (unpaired) electrons. The molecule has 1 nitrogen and oxygen atoms in total. The molecule has 0 atom stereocenters. The van der Waals surface area contributed by atoms with Gasteiger partial charge < -0.3 is 0 Å². The van der Waals surface area contributed by atoms with Crippen molar-refractivity contribution in [2.24, 2.45) is 0 Å². The Labute approximate surface area is 116 Å². The van der Waals surface area contributed by atoms with Gasteiger partial charge in [-0.2, -0.15) is 0 Å². The van der Waals surface area contributed by atoms with Gasteiger partial charge in [-0.1, -0.05) is 68.9 Å². The summed E-state index contributed by atoms with van der Waals surface area (Å²) in [4.78, 5) is 4.17. The summed E-state index contributed by atoms with van der Waals surface area (Å²) in [6, 6.07) is 9.23. The predicted molar refractivity (Wildman–Crippen MR) is 72.4 cm³/mol. The smallest absolute Gasteiger partial charge is 0.148 e. The Morgan fingerprint density at radius 1 is 1.00 bits per heavy atom. The molecule has 0 bridgehead atoms. The van der Waals surface area contributed by atoms with Crippen molar-refractivity contribution in [3.63, 3.8) is 0 Å². The number of hydrogen-bond acceptors (Lipinski definition) is 1. The lowest BCUT2D eigenvalue weighted by atomic mass is 10.1. The molecular formula is C11H5BrCl3N. The Balaban J connectivity index is 2.65. The van der Waals surface area contributed by atoms with Gasteiger partial charge in [0.25, 0.3) is 0 Å². The summed E-state index contributed by atoms with van der Waals surface area (Å²) in [6.07, 6.45) is 0. The Kier molecular flexibility index (Phi) is 3.75. The highest BCUT2D eigenvalue weighted by molar-refractivity contribution is 9.10. The zero-order chi connectivity index (χ0) is 11.7. The molecule has 0 unspecified atom stereocenters. The number of benzene rings is 1. The fourth-order valence-corrected chi connectivity index (χ4v) is 2.36. The number of pyridine rings is 1. The summed E-state index contributed by atoms with van der Waals surface area (Å²) in [5.74, 6) is 0. The number of halogens is 4. The summed E-state index contributed by atoms with van der Waals surface area (Å²) in [6.45, 7) is 0. The predicted octanol–water partition coefficient (Wildman–Crippen LogP) is 5.47. The minimum Gasteiger partial charge on any atom is -0.233 e. The summed E-state index contributed by atoms with van der Waals surface area (Å²) in [7, 11) is 0. The van der Waals surface area contributed by atoms with E-state index in [1.54, 1.807) is 6.07 Å². The van der Waals surface area contributed by atoms with Gasteiger partial charge >= 0.3 is 0 Å². The quantitative estimate of drug-likeness (QED) is 0.629. The van der Waals surface area contributed by atoms with E-state index in [4.69, 9.17) is 34.8 Å². The standard InChI is InChI=1S/C11H5BrCl3N/c12-7-4-2-1-3-6(7)10-8(13)5-9(14)11(15)16-10/h1-5H. The van der Waals surface area contributed by atoms with E-state index < -0.39 is 0 Å². The van der Waals surface area contributed by atoms with Crippen LogP contribution in [0.25, 0.3) is 11.3 Å². The molecule has 0 amide bonds. The first kappa shape index (κ1) is 12.2. The molecule has 0 saturated heterocycles. The molecule has 2 aromatic rings. The summed E-state index contributed by atoms with van der Waals surface area (Å²) < 4.78 is 0.905. The zero-order valence-corrected chi connectivity index (χ0v) is 11.7. The van der Waals surface area contributed by atoms with Crippen molar-refractivity contribution in [3.05, 3.63) is 50.0 Å². The van der Waals surface area contributed by atoms with E-state index in [-0.39, 0.29) is 5.15 Å². The van der Waals surface area contributed by atoms with Crippen molar-refractivity contribution < 1.29 is 0 Å². The molecule has 0 spiro atoms. The molecule has 2 rings (SSSR count). The van der Waals surface area contributed by atoms with Crippen LogP contribution in [0.1, 0.15) is 0 Å². The molecule has 1 heterocycles. The second kappa shape index (κ2) is 4.92.